The van der Waals surface area contributed by atoms with Gasteiger partial charge < -0.3 is 0 Å². The molecule has 76 valence electrons. The summed E-state index contributed by atoms with van der Waals surface area (Å²) in [6, 6.07) is 0.406. The van der Waals surface area contributed by atoms with Crippen molar-refractivity contribution in [2.45, 2.75) is 52.6 Å². The minimum atomic E-state index is 0.189. The van der Waals surface area contributed by atoms with Crippen LogP contribution in [-0.4, -0.2) is 28.8 Å². The molecule has 0 radical (unpaired) electrons. The third kappa shape index (κ3) is 2.31. The Kier molecular flexibility index (Phi) is 2.81. The Labute approximate surface area is 81.3 Å². The van der Waals surface area contributed by atoms with Crippen molar-refractivity contribution >= 4 is 5.78 Å². The van der Waals surface area contributed by atoms with Gasteiger partial charge in [-0.05, 0) is 27.7 Å². The van der Waals surface area contributed by atoms with Gasteiger partial charge in [0.05, 0.1) is 0 Å². The summed E-state index contributed by atoms with van der Waals surface area (Å²) < 4.78 is 0. The predicted molar refractivity (Wildman–Crippen MR) is 54.7 cm³/mol. The van der Waals surface area contributed by atoms with Crippen LogP contribution in [0.25, 0.3) is 0 Å². The molecule has 13 heavy (non-hydrogen) atoms. The van der Waals surface area contributed by atoms with E-state index < -0.39 is 0 Å². The summed E-state index contributed by atoms with van der Waals surface area (Å²) in [6.45, 7) is 11.7. The Bertz CT molecular complexity index is 205. The number of hydrogen-bond acceptors (Lipinski definition) is 2. The van der Waals surface area contributed by atoms with Gasteiger partial charge in [0.15, 0.2) is 0 Å². The minimum absolute atomic E-state index is 0.189. The number of piperidine rings is 1. The average Bonchev–Trinajstić information content (AvgIpc) is 1.94. The summed E-state index contributed by atoms with van der Waals surface area (Å²) in [7, 11) is 0. The van der Waals surface area contributed by atoms with Crippen LogP contribution >= 0.6 is 0 Å². The van der Waals surface area contributed by atoms with Gasteiger partial charge in [-0.2, -0.15) is 0 Å². The highest BCUT2D eigenvalue weighted by molar-refractivity contribution is 5.82. The molecule has 2 nitrogen and oxygen atoms in total. The van der Waals surface area contributed by atoms with Crippen LogP contribution in [0.3, 0.4) is 0 Å². The minimum Gasteiger partial charge on any atom is -0.299 e. The van der Waals surface area contributed by atoms with Crippen molar-refractivity contribution in [1.82, 2.24) is 4.90 Å². The molecule has 1 rings (SSSR count). The maximum Gasteiger partial charge on any atom is 0.138 e. The maximum absolute atomic E-state index is 11.5. The van der Waals surface area contributed by atoms with Gasteiger partial charge in [0.1, 0.15) is 5.78 Å². The molecule has 0 unspecified atom stereocenters. The normalized spacial score (nSPS) is 32.2. The Hall–Kier alpha value is -0.370. The van der Waals surface area contributed by atoms with Crippen molar-refractivity contribution in [3.05, 3.63) is 0 Å². The third-order valence-corrected chi connectivity index (χ3v) is 2.91. The van der Waals surface area contributed by atoms with Crippen molar-refractivity contribution in [2.75, 3.05) is 6.54 Å². The number of likely N-dealkylation sites (tertiary alicyclic amines) is 1. The van der Waals surface area contributed by atoms with Gasteiger partial charge in [0.25, 0.3) is 0 Å². The first-order valence-corrected chi connectivity index (χ1v) is 5.12. The van der Waals surface area contributed by atoms with E-state index in [1.165, 1.54) is 0 Å². The van der Waals surface area contributed by atoms with Crippen molar-refractivity contribution in [1.29, 1.82) is 0 Å². The van der Waals surface area contributed by atoms with Crippen LogP contribution in [0.15, 0.2) is 0 Å². The summed E-state index contributed by atoms with van der Waals surface area (Å²) in [5.74, 6) is 0.642. The summed E-state index contributed by atoms with van der Waals surface area (Å²) in [5, 5.41) is 0. The SMILES string of the molecule is C[C@H]1CN(C(C)(C)C)[C@@H](C)CC1=O. The lowest BCUT2D eigenvalue weighted by molar-refractivity contribution is -0.129. The average molecular weight is 183 g/mol. The van der Waals surface area contributed by atoms with E-state index in [4.69, 9.17) is 0 Å². The molecule has 0 aromatic rings. The van der Waals surface area contributed by atoms with E-state index in [0.29, 0.717) is 11.8 Å². The molecule has 1 fully saturated rings. The lowest BCUT2D eigenvalue weighted by atomic mass is 9.89. The number of nitrogens with zero attached hydrogens (tertiary/aromatic N) is 1. The first-order valence-electron chi connectivity index (χ1n) is 5.12. The second-order valence-corrected chi connectivity index (χ2v) is 5.24. The summed E-state index contributed by atoms with van der Waals surface area (Å²) >= 11 is 0. The highest BCUT2D eigenvalue weighted by atomic mass is 16.1. The summed E-state index contributed by atoms with van der Waals surface area (Å²) in [4.78, 5) is 13.9. The molecule has 0 N–H and O–H groups in total. The van der Waals surface area contributed by atoms with Crippen molar-refractivity contribution in [3.8, 4) is 0 Å². The molecule has 0 aromatic heterocycles. The van der Waals surface area contributed by atoms with Gasteiger partial charge in [-0.15, -0.1) is 0 Å². The molecule has 1 saturated heterocycles. The van der Waals surface area contributed by atoms with Gasteiger partial charge in [0.2, 0.25) is 0 Å². The van der Waals surface area contributed by atoms with E-state index in [1.807, 2.05) is 6.92 Å². The Morgan fingerprint density at radius 3 is 2.31 bits per heavy atom. The fraction of sp³-hybridized carbons (Fsp3) is 0.909. The zero-order valence-corrected chi connectivity index (χ0v) is 9.42. The van der Waals surface area contributed by atoms with Crippen LogP contribution < -0.4 is 0 Å². The predicted octanol–water partition coefficient (Wildman–Crippen LogP) is 2.08. The van der Waals surface area contributed by atoms with Crippen LogP contribution in [0.5, 0.6) is 0 Å². The summed E-state index contributed by atoms with van der Waals surface area (Å²) in [6.07, 6.45) is 0.721. The number of Topliss-reactive ketones (excluding diaryl/α,β-unsaturated/α-hetero) is 1. The lowest BCUT2D eigenvalue weighted by Gasteiger charge is -2.44. The third-order valence-electron chi connectivity index (χ3n) is 2.91. The lowest BCUT2D eigenvalue weighted by Crippen LogP contribution is -2.54. The van der Waals surface area contributed by atoms with Gasteiger partial charge in [-0.1, -0.05) is 6.92 Å². The molecule has 0 saturated carbocycles. The highest BCUT2D eigenvalue weighted by Crippen LogP contribution is 2.26. The van der Waals surface area contributed by atoms with Crippen molar-refractivity contribution in [3.63, 3.8) is 0 Å². The molecule has 2 heteroatoms. The number of ketones is 1. The molecule has 0 spiro atoms. The molecule has 2 atom stereocenters. The summed E-state index contributed by atoms with van der Waals surface area (Å²) in [5.41, 5.74) is 0.189. The number of carbonyl (C=O) groups is 1. The molecule has 0 bridgehead atoms. The fourth-order valence-corrected chi connectivity index (χ4v) is 2.11. The van der Waals surface area contributed by atoms with E-state index in [2.05, 4.69) is 32.6 Å². The molecular formula is C11H21NO. The molecular weight excluding hydrogens is 162 g/mol. The van der Waals surface area contributed by atoms with E-state index in [1.54, 1.807) is 0 Å². The Morgan fingerprint density at radius 1 is 1.31 bits per heavy atom. The van der Waals surface area contributed by atoms with E-state index in [-0.39, 0.29) is 11.5 Å². The largest absolute Gasteiger partial charge is 0.299 e. The molecule has 1 aliphatic rings. The first-order chi connectivity index (χ1) is 5.82. The van der Waals surface area contributed by atoms with Crippen LogP contribution in [0.1, 0.15) is 41.0 Å². The van der Waals surface area contributed by atoms with Gasteiger partial charge in [-0.3, -0.25) is 9.69 Å². The number of hydrogen-bond donors (Lipinski definition) is 0. The molecule has 1 aliphatic heterocycles. The maximum atomic E-state index is 11.5. The monoisotopic (exact) mass is 183 g/mol. The number of rotatable bonds is 0. The Morgan fingerprint density at radius 2 is 1.85 bits per heavy atom. The van der Waals surface area contributed by atoms with Crippen molar-refractivity contribution < 1.29 is 4.79 Å². The van der Waals surface area contributed by atoms with Crippen molar-refractivity contribution in [2.24, 2.45) is 5.92 Å². The number of carbonyl (C=O) groups excluding carboxylic acids is 1. The van der Waals surface area contributed by atoms with Crippen LogP contribution in [-0.2, 0) is 4.79 Å². The van der Waals surface area contributed by atoms with Crippen LogP contribution in [0, 0.1) is 5.92 Å². The van der Waals surface area contributed by atoms with E-state index in [0.717, 1.165) is 13.0 Å². The van der Waals surface area contributed by atoms with Gasteiger partial charge in [0, 0.05) is 30.5 Å². The highest BCUT2D eigenvalue weighted by Gasteiger charge is 2.34. The second kappa shape index (κ2) is 3.41. The van der Waals surface area contributed by atoms with Gasteiger partial charge in [-0.25, -0.2) is 0 Å². The zero-order valence-electron chi connectivity index (χ0n) is 9.42. The van der Waals surface area contributed by atoms with E-state index >= 15 is 0 Å². The zero-order chi connectivity index (χ0) is 10.2. The van der Waals surface area contributed by atoms with E-state index in [9.17, 15) is 4.79 Å². The molecule has 0 aliphatic carbocycles. The standard InChI is InChI=1S/C11H21NO/c1-8-7-12(11(3,4)5)9(2)6-10(8)13/h8-9H,6-7H2,1-5H3/t8-,9-/m0/s1. The van der Waals surface area contributed by atoms with Gasteiger partial charge >= 0.3 is 0 Å². The first kappa shape index (κ1) is 10.7. The fourth-order valence-electron chi connectivity index (χ4n) is 2.11. The molecule has 0 amide bonds. The topological polar surface area (TPSA) is 20.3 Å². The molecule has 1 heterocycles. The second-order valence-electron chi connectivity index (χ2n) is 5.24. The van der Waals surface area contributed by atoms with Crippen LogP contribution in [0.2, 0.25) is 0 Å². The molecule has 0 aromatic carbocycles. The van der Waals surface area contributed by atoms with Crippen LogP contribution in [0.4, 0.5) is 0 Å². The quantitative estimate of drug-likeness (QED) is 0.573. The smallest absolute Gasteiger partial charge is 0.138 e. The Balaban J connectivity index is 2.72.